The van der Waals surface area contributed by atoms with Crippen molar-refractivity contribution in [3.63, 3.8) is 0 Å². The van der Waals surface area contributed by atoms with Crippen LogP contribution in [0.2, 0.25) is 16.6 Å². The molecule has 3 unspecified atom stereocenters. The van der Waals surface area contributed by atoms with Crippen LogP contribution in [0.4, 0.5) is 9.18 Å². The van der Waals surface area contributed by atoms with Gasteiger partial charge in [-0.2, -0.15) is 0 Å². The van der Waals surface area contributed by atoms with E-state index >= 15 is 0 Å². The number of carbonyl (C=O) groups is 1. The average Bonchev–Trinajstić information content (AvgIpc) is 2.64. The highest BCUT2D eigenvalue weighted by atomic mass is 28.4. The Kier molecular flexibility index (Phi) is 8.10. The first-order chi connectivity index (χ1) is 13.9. The zero-order valence-electron chi connectivity index (χ0n) is 19.4. The predicted octanol–water partition coefficient (Wildman–Crippen LogP) is 5.73. The number of aryl methyl sites for hydroxylation is 1. The Morgan fingerprint density at radius 2 is 1.73 bits per heavy atom. The van der Waals surface area contributed by atoms with Gasteiger partial charge in [-0.25, -0.2) is 9.18 Å². The van der Waals surface area contributed by atoms with Crippen LogP contribution < -0.4 is 0 Å². The Bertz CT molecular complexity index is 718. The maximum atomic E-state index is 14.5. The number of hydrogen-bond donors (Lipinski definition) is 2. The summed E-state index contributed by atoms with van der Waals surface area (Å²) >= 11 is 0. The molecule has 0 bridgehead atoms. The van der Waals surface area contributed by atoms with E-state index in [1.54, 1.807) is 13.0 Å². The van der Waals surface area contributed by atoms with Crippen molar-refractivity contribution in [3.05, 3.63) is 35.1 Å². The highest BCUT2D eigenvalue weighted by Crippen LogP contribution is 2.47. The Morgan fingerprint density at radius 1 is 1.17 bits per heavy atom. The van der Waals surface area contributed by atoms with Gasteiger partial charge in [0.2, 0.25) is 8.32 Å². The standard InChI is InChI=1S/C23H38FNO4Si/c1-14(2)30(15(3)4,16(5)6)29-22(18-9-8-17(7)20(24)12-18)19-13-25(23(27)28)11-10-21(19)26/h8-9,12,14-16,19,21-22,26H,10-11,13H2,1-7H3,(H,27,28). The normalized spacial score (nSPS) is 21.5. The van der Waals surface area contributed by atoms with E-state index in [2.05, 4.69) is 41.5 Å². The third kappa shape index (κ3) is 4.89. The largest absolute Gasteiger partial charge is 0.465 e. The van der Waals surface area contributed by atoms with Gasteiger partial charge in [0.05, 0.1) is 12.2 Å². The molecule has 2 rings (SSSR count). The lowest BCUT2D eigenvalue weighted by Crippen LogP contribution is -2.53. The van der Waals surface area contributed by atoms with Crippen LogP contribution in [-0.2, 0) is 4.43 Å². The van der Waals surface area contributed by atoms with E-state index < -0.39 is 32.5 Å². The lowest BCUT2D eigenvalue weighted by atomic mass is 9.86. The van der Waals surface area contributed by atoms with Crippen molar-refractivity contribution < 1.29 is 23.8 Å². The molecule has 1 aromatic rings. The van der Waals surface area contributed by atoms with E-state index in [0.29, 0.717) is 40.7 Å². The Hall–Kier alpha value is -1.44. The molecule has 170 valence electrons. The number of halogens is 1. The minimum atomic E-state index is -2.37. The molecule has 7 heteroatoms. The summed E-state index contributed by atoms with van der Waals surface area (Å²) in [6, 6.07) is 5.08. The summed E-state index contributed by atoms with van der Waals surface area (Å²) in [7, 11) is -2.37. The summed E-state index contributed by atoms with van der Waals surface area (Å²) in [5.41, 5.74) is 2.16. The minimum absolute atomic E-state index is 0.176. The summed E-state index contributed by atoms with van der Waals surface area (Å²) in [5.74, 6) is -0.757. The molecule has 1 aliphatic rings. The van der Waals surface area contributed by atoms with E-state index in [4.69, 9.17) is 4.43 Å². The summed E-state index contributed by atoms with van der Waals surface area (Å²) in [4.78, 5) is 13.0. The highest BCUT2D eigenvalue weighted by molar-refractivity contribution is 6.77. The summed E-state index contributed by atoms with van der Waals surface area (Å²) in [5, 5.41) is 20.4. The molecule has 1 saturated heterocycles. The summed E-state index contributed by atoms with van der Waals surface area (Å²) in [6.07, 6.45) is -1.91. The number of aliphatic hydroxyl groups excluding tert-OH is 1. The van der Waals surface area contributed by atoms with Crippen molar-refractivity contribution in [2.75, 3.05) is 13.1 Å². The Balaban J connectivity index is 2.57. The second kappa shape index (κ2) is 9.79. The fraction of sp³-hybridized carbons (Fsp3) is 0.696. The molecule has 2 N–H and O–H groups in total. The quantitative estimate of drug-likeness (QED) is 0.533. The maximum absolute atomic E-state index is 14.5. The van der Waals surface area contributed by atoms with Crippen molar-refractivity contribution in [1.29, 1.82) is 0 Å². The van der Waals surface area contributed by atoms with Crippen LogP contribution in [0, 0.1) is 18.7 Å². The van der Waals surface area contributed by atoms with Crippen LogP contribution in [0.3, 0.4) is 0 Å². The molecule has 1 amide bonds. The number of rotatable bonds is 7. The van der Waals surface area contributed by atoms with Crippen LogP contribution in [0.15, 0.2) is 18.2 Å². The number of piperidine rings is 1. The van der Waals surface area contributed by atoms with Gasteiger partial charge < -0.3 is 19.5 Å². The van der Waals surface area contributed by atoms with Crippen molar-refractivity contribution in [3.8, 4) is 0 Å². The fourth-order valence-corrected chi connectivity index (χ4v) is 10.8. The lowest BCUT2D eigenvalue weighted by molar-refractivity contribution is -0.0310. The number of hydrogen-bond acceptors (Lipinski definition) is 3. The van der Waals surface area contributed by atoms with Crippen LogP contribution in [0.5, 0.6) is 0 Å². The number of amides is 1. The SMILES string of the molecule is Cc1ccc(C(O[Si](C(C)C)(C(C)C)C(C)C)C2CN(C(=O)O)CCC2O)cc1F. The molecule has 0 saturated carbocycles. The zero-order valence-corrected chi connectivity index (χ0v) is 20.4. The first kappa shape index (κ1) is 24.8. The highest BCUT2D eigenvalue weighted by Gasteiger charge is 2.49. The van der Waals surface area contributed by atoms with E-state index in [1.807, 2.05) is 6.07 Å². The van der Waals surface area contributed by atoms with Gasteiger partial charge in [-0.1, -0.05) is 53.7 Å². The first-order valence-corrected chi connectivity index (χ1v) is 13.2. The molecule has 1 aromatic carbocycles. The van der Waals surface area contributed by atoms with E-state index in [1.165, 1.54) is 11.0 Å². The van der Waals surface area contributed by atoms with E-state index in [9.17, 15) is 19.4 Å². The van der Waals surface area contributed by atoms with Gasteiger partial charge in [-0.3, -0.25) is 0 Å². The van der Waals surface area contributed by atoms with Crippen molar-refractivity contribution in [2.45, 2.75) is 83.7 Å². The number of aliphatic hydroxyl groups is 1. The van der Waals surface area contributed by atoms with Gasteiger partial charge in [-0.15, -0.1) is 0 Å². The van der Waals surface area contributed by atoms with Crippen molar-refractivity contribution >= 4 is 14.4 Å². The van der Waals surface area contributed by atoms with Crippen LogP contribution in [0.25, 0.3) is 0 Å². The Labute approximate surface area is 181 Å². The molecule has 1 heterocycles. The molecule has 0 radical (unpaired) electrons. The molecule has 3 atom stereocenters. The first-order valence-electron chi connectivity index (χ1n) is 11.0. The molecular formula is C23H38FNO4Si. The summed E-state index contributed by atoms with van der Waals surface area (Å²) in [6.45, 7) is 15.3. The molecule has 1 aliphatic heterocycles. The third-order valence-electron chi connectivity index (χ3n) is 6.84. The van der Waals surface area contributed by atoms with Gasteiger partial charge in [0.1, 0.15) is 5.82 Å². The third-order valence-corrected chi connectivity index (χ3v) is 12.9. The van der Waals surface area contributed by atoms with E-state index in [0.717, 1.165) is 0 Å². The molecule has 1 fully saturated rings. The smallest absolute Gasteiger partial charge is 0.407 e. The number of likely N-dealkylation sites (tertiary alicyclic amines) is 1. The second-order valence-electron chi connectivity index (χ2n) is 9.61. The minimum Gasteiger partial charge on any atom is -0.465 e. The predicted molar refractivity (Wildman–Crippen MR) is 120 cm³/mol. The van der Waals surface area contributed by atoms with Crippen molar-refractivity contribution in [1.82, 2.24) is 4.90 Å². The lowest BCUT2D eigenvalue weighted by Gasteiger charge is -2.48. The molecular weight excluding hydrogens is 401 g/mol. The fourth-order valence-electron chi connectivity index (χ4n) is 5.26. The maximum Gasteiger partial charge on any atom is 0.407 e. The van der Waals surface area contributed by atoms with Crippen LogP contribution in [-0.4, -0.2) is 48.7 Å². The van der Waals surface area contributed by atoms with Gasteiger partial charge in [0.25, 0.3) is 0 Å². The number of carboxylic acid groups (broad SMARTS) is 1. The van der Waals surface area contributed by atoms with Crippen LogP contribution >= 0.6 is 0 Å². The van der Waals surface area contributed by atoms with Gasteiger partial charge in [0.15, 0.2) is 0 Å². The van der Waals surface area contributed by atoms with Crippen LogP contribution in [0.1, 0.15) is 65.2 Å². The van der Waals surface area contributed by atoms with Gasteiger partial charge >= 0.3 is 6.09 Å². The molecule has 0 aromatic heterocycles. The molecule has 5 nitrogen and oxygen atoms in total. The Morgan fingerprint density at radius 3 is 2.20 bits per heavy atom. The van der Waals surface area contributed by atoms with Crippen molar-refractivity contribution in [2.24, 2.45) is 5.92 Å². The molecule has 0 spiro atoms. The van der Waals surface area contributed by atoms with Gasteiger partial charge in [0, 0.05) is 19.0 Å². The average molecular weight is 440 g/mol. The molecule has 30 heavy (non-hydrogen) atoms. The van der Waals surface area contributed by atoms with Gasteiger partial charge in [-0.05, 0) is 47.2 Å². The zero-order chi connectivity index (χ0) is 22.8. The molecule has 0 aliphatic carbocycles. The summed E-state index contributed by atoms with van der Waals surface area (Å²) < 4.78 is 21.5. The number of benzene rings is 1. The monoisotopic (exact) mass is 439 g/mol. The second-order valence-corrected chi connectivity index (χ2v) is 15.0. The number of nitrogens with zero attached hydrogens (tertiary/aromatic N) is 1. The van der Waals surface area contributed by atoms with E-state index in [-0.39, 0.29) is 12.4 Å². The topological polar surface area (TPSA) is 70.0 Å².